The van der Waals surface area contributed by atoms with Crippen molar-refractivity contribution < 1.29 is 14.3 Å². The lowest BCUT2D eigenvalue weighted by Gasteiger charge is -2.33. The van der Waals surface area contributed by atoms with Gasteiger partial charge in [0.2, 0.25) is 0 Å². The fraction of sp³-hybridized carbons (Fsp3) is 0.714. The first-order valence-corrected chi connectivity index (χ1v) is 7.16. The Morgan fingerprint density at radius 2 is 2.38 bits per heavy atom. The first-order chi connectivity index (χ1) is 10.1. The zero-order valence-corrected chi connectivity index (χ0v) is 13.0. The highest BCUT2D eigenvalue weighted by Gasteiger charge is 2.28. The van der Waals surface area contributed by atoms with Gasteiger partial charge in [0.05, 0.1) is 19.8 Å². The predicted molar refractivity (Wildman–Crippen MR) is 77.8 cm³/mol. The number of carbonyl (C=O) groups excluding carboxylic acids is 1. The van der Waals surface area contributed by atoms with E-state index in [1.807, 2.05) is 6.20 Å². The van der Waals surface area contributed by atoms with Gasteiger partial charge in [0, 0.05) is 53.2 Å². The number of hydrogen-bond donors (Lipinski definition) is 0. The van der Waals surface area contributed by atoms with E-state index in [9.17, 15) is 4.79 Å². The summed E-state index contributed by atoms with van der Waals surface area (Å²) in [7, 11) is 5.19. The minimum absolute atomic E-state index is 0.0161. The zero-order chi connectivity index (χ0) is 15.2. The largest absolute Gasteiger partial charge is 0.383 e. The van der Waals surface area contributed by atoms with E-state index in [1.54, 1.807) is 32.3 Å². The van der Waals surface area contributed by atoms with Gasteiger partial charge in [-0.1, -0.05) is 0 Å². The molecule has 1 aliphatic rings. The second-order valence-corrected chi connectivity index (χ2v) is 5.36. The van der Waals surface area contributed by atoms with Crippen molar-refractivity contribution >= 4 is 5.91 Å². The monoisotopic (exact) mass is 296 g/mol. The molecule has 0 spiro atoms. The smallest absolute Gasteiger partial charge is 0.252 e. The number of amides is 1. The van der Waals surface area contributed by atoms with E-state index in [0.29, 0.717) is 19.8 Å². The van der Waals surface area contributed by atoms with Crippen LogP contribution < -0.4 is 0 Å². The minimum Gasteiger partial charge on any atom is -0.383 e. The van der Waals surface area contributed by atoms with Crippen LogP contribution in [0, 0.1) is 0 Å². The number of nitrogens with zero attached hydrogens (tertiary/aromatic N) is 4. The van der Waals surface area contributed by atoms with Crippen LogP contribution in [-0.2, 0) is 27.4 Å². The van der Waals surface area contributed by atoms with Crippen LogP contribution in [-0.4, -0.2) is 78.9 Å². The first-order valence-electron chi connectivity index (χ1n) is 7.16. The summed E-state index contributed by atoms with van der Waals surface area (Å²) in [5.74, 6) is 1.01. The third-order valence-corrected chi connectivity index (χ3v) is 3.57. The predicted octanol–water partition coefficient (Wildman–Crippen LogP) is -0.181. The molecule has 0 N–H and O–H groups in total. The Kier molecular flexibility index (Phi) is 5.72. The van der Waals surface area contributed by atoms with Crippen molar-refractivity contribution in [3.8, 4) is 0 Å². The third-order valence-electron chi connectivity index (χ3n) is 3.57. The summed E-state index contributed by atoms with van der Waals surface area (Å²) in [6.07, 6.45) is 3.38. The number of imidazole rings is 1. The number of methoxy groups -OCH3 is 1. The molecule has 1 aromatic rings. The third kappa shape index (κ3) is 4.26. The maximum atomic E-state index is 12.0. The van der Waals surface area contributed by atoms with Crippen LogP contribution in [0.3, 0.4) is 0 Å². The molecule has 7 nitrogen and oxygen atoms in total. The molecule has 0 radical (unpaired) electrons. The molecule has 1 atom stereocenters. The van der Waals surface area contributed by atoms with Crippen molar-refractivity contribution in [3.05, 3.63) is 18.2 Å². The standard InChI is InChI=1S/C14H24N4O3/c1-16(2)14(19)12-10-17(6-9-21-12)11-13-15-4-5-18(13)7-8-20-3/h4-5,12H,6-11H2,1-3H3/t12-/m1/s1. The van der Waals surface area contributed by atoms with Crippen molar-refractivity contribution in [2.45, 2.75) is 19.2 Å². The van der Waals surface area contributed by atoms with Crippen LogP contribution in [0.5, 0.6) is 0 Å². The van der Waals surface area contributed by atoms with Crippen molar-refractivity contribution in [1.29, 1.82) is 0 Å². The maximum absolute atomic E-state index is 12.0. The van der Waals surface area contributed by atoms with E-state index in [2.05, 4.69) is 14.5 Å². The molecule has 1 aromatic heterocycles. The molecule has 0 saturated carbocycles. The van der Waals surface area contributed by atoms with E-state index in [-0.39, 0.29) is 12.0 Å². The summed E-state index contributed by atoms with van der Waals surface area (Å²) in [6.45, 7) is 4.16. The summed E-state index contributed by atoms with van der Waals surface area (Å²) in [4.78, 5) is 20.2. The lowest BCUT2D eigenvalue weighted by atomic mass is 10.2. The molecule has 21 heavy (non-hydrogen) atoms. The Balaban J connectivity index is 1.93. The van der Waals surface area contributed by atoms with Gasteiger partial charge in [-0.15, -0.1) is 0 Å². The molecule has 0 bridgehead atoms. The molecule has 1 saturated heterocycles. The summed E-state index contributed by atoms with van der Waals surface area (Å²) in [5, 5.41) is 0. The number of morpholine rings is 1. The quantitative estimate of drug-likeness (QED) is 0.729. The molecule has 118 valence electrons. The van der Waals surface area contributed by atoms with Gasteiger partial charge in [-0.05, 0) is 0 Å². The molecule has 1 aliphatic heterocycles. The average Bonchev–Trinajstić information content (AvgIpc) is 2.91. The van der Waals surface area contributed by atoms with Gasteiger partial charge in [-0.3, -0.25) is 9.69 Å². The van der Waals surface area contributed by atoms with Crippen molar-refractivity contribution in [2.24, 2.45) is 0 Å². The van der Waals surface area contributed by atoms with Crippen molar-refractivity contribution in [2.75, 3.05) is 47.5 Å². The molecule has 0 aromatic carbocycles. The van der Waals surface area contributed by atoms with Gasteiger partial charge in [-0.2, -0.15) is 0 Å². The molecule has 1 amide bonds. The average molecular weight is 296 g/mol. The molecule has 0 unspecified atom stereocenters. The van der Waals surface area contributed by atoms with E-state index < -0.39 is 0 Å². The van der Waals surface area contributed by atoms with Crippen LogP contribution in [0.1, 0.15) is 5.82 Å². The zero-order valence-electron chi connectivity index (χ0n) is 13.0. The number of carbonyl (C=O) groups is 1. The van der Waals surface area contributed by atoms with Crippen molar-refractivity contribution in [3.63, 3.8) is 0 Å². The number of likely N-dealkylation sites (N-methyl/N-ethyl adjacent to an activating group) is 1. The highest BCUT2D eigenvalue weighted by Crippen LogP contribution is 2.11. The van der Waals surface area contributed by atoms with Gasteiger partial charge < -0.3 is 18.9 Å². The fourth-order valence-corrected chi connectivity index (χ4v) is 2.37. The Hall–Kier alpha value is -1.44. The second-order valence-electron chi connectivity index (χ2n) is 5.36. The van der Waals surface area contributed by atoms with Gasteiger partial charge in [0.1, 0.15) is 11.9 Å². The lowest BCUT2D eigenvalue weighted by molar-refractivity contribution is -0.147. The number of aromatic nitrogens is 2. The molecular formula is C14H24N4O3. The molecular weight excluding hydrogens is 272 g/mol. The fourth-order valence-electron chi connectivity index (χ4n) is 2.37. The number of ether oxygens (including phenoxy) is 2. The van der Waals surface area contributed by atoms with Crippen molar-refractivity contribution in [1.82, 2.24) is 19.4 Å². The highest BCUT2D eigenvalue weighted by molar-refractivity contribution is 5.80. The maximum Gasteiger partial charge on any atom is 0.252 e. The topological polar surface area (TPSA) is 59.8 Å². The van der Waals surface area contributed by atoms with E-state index in [0.717, 1.165) is 25.5 Å². The Bertz CT molecular complexity index is 461. The Morgan fingerprint density at radius 1 is 1.57 bits per heavy atom. The minimum atomic E-state index is -0.379. The highest BCUT2D eigenvalue weighted by atomic mass is 16.5. The van der Waals surface area contributed by atoms with Crippen LogP contribution in [0.15, 0.2) is 12.4 Å². The Morgan fingerprint density at radius 3 is 3.10 bits per heavy atom. The van der Waals surface area contributed by atoms with Crippen LogP contribution in [0.2, 0.25) is 0 Å². The molecule has 2 rings (SSSR count). The SMILES string of the molecule is COCCn1ccnc1CN1CCO[C@@H](C(=O)N(C)C)C1. The van der Waals surface area contributed by atoms with Gasteiger partial charge in [0.25, 0.3) is 5.91 Å². The number of hydrogen-bond acceptors (Lipinski definition) is 5. The second kappa shape index (κ2) is 7.53. The van der Waals surface area contributed by atoms with Gasteiger partial charge in [-0.25, -0.2) is 4.98 Å². The summed E-state index contributed by atoms with van der Waals surface area (Å²) in [6, 6.07) is 0. The molecule has 7 heteroatoms. The van der Waals surface area contributed by atoms with Crippen LogP contribution >= 0.6 is 0 Å². The molecule has 2 heterocycles. The van der Waals surface area contributed by atoms with E-state index in [1.165, 1.54) is 0 Å². The normalized spacial score (nSPS) is 19.7. The summed E-state index contributed by atoms with van der Waals surface area (Å²) in [5.41, 5.74) is 0. The van der Waals surface area contributed by atoms with Gasteiger partial charge >= 0.3 is 0 Å². The van der Waals surface area contributed by atoms with Crippen LogP contribution in [0.25, 0.3) is 0 Å². The Labute approximate surface area is 125 Å². The van der Waals surface area contributed by atoms with Crippen LogP contribution in [0.4, 0.5) is 0 Å². The van der Waals surface area contributed by atoms with E-state index >= 15 is 0 Å². The first kappa shape index (κ1) is 15.9. The summed E-state index contributed by atoms with van der Waals surface area (Å²) < 4.78 is 12.8. The van der Waals surface area contributed by atoms with Gasteiger partial charge in [0.15, 0.2) is 0 Å². The lowest BCUT2D eigenvalue weighted by Crippen LogP contribution is -2.49. The molecule has 1 fully saturated rings. The summed E-state index contributed by atoms with van der Waals surface area (Å²) >= 11 is 0. The van der Waals surface area contributed by atoms with E-state index in [4.69, 9.17) is 9.47 Å². The molecule has 0 aliphatic carbocycles. The number of rotatable bonds is 6.